The number of nitro benzene ring substituents is 1. The minimum Gasteiger partial charge on any atom is -0.351 e. The van der Waals surface area contributed by atoms with E-state index in [1.165, 1.54) is 12.1 Å². The van der Waals surface area contributed by atoms with E-state index in [1.807, 2.05) is 13.8 Å². The Morgan fingerprint density at radius 2 is 2.05 bits per heavy atom. The van der Waals surface area contributed by atoms with Gasteiger partial charge in [-0.15, -0.1) is 0 Å². The molecule has 0 fully saturated rings. The number of non-ortho nitro benzene ring substituents is 1. The normalized spacial score (nSPS) is 11.2. The largest absolute Gasteiger partial charge is 0.351 e. The van der Waals surface area contributed by atoms with E-state index in [2.05, 4.69) is 5.32 Å². The molecule has 0 unspecified atom stereocenters. The maximum atomic E-state index is 12.2. The molecule has 0 saturated carbocycles. The molecule has 1 aromatic rings. The van der Waals surface area contributed by atoms with Gasteiger partial charge >= 0.3 is 0 Å². The number of hydrogen-bond donors (Lipinski definition) is 2. The molecule has 0 heterocycles. The fourth-order valence-corrected chi connectivity index (χ4v) is 2.10. The molecule has 3 N–H and O–H groups in total. The van der Waals surface area contributed by atoms with E-state index in [9.17, 15) is 14.9 Å². The molecule has 0 aliphatic rings. The van der Waals surface area contributed by atoms with Gasteiger partial charge in [0, 0.05) is 25.2 Å². The van der Waals surface area contributed by atoms with Crippen LogP contribution in [-0.4, -0.2) is 17.4 Å². The fourth-order valence-electron chi connectivity index (χ4n) is 2.10. The Labute approximate surface area is 118 Å². The van der Waals surface area contributed by atoms with Gasteiger partial charge in [0.1, 0.15) is 0 Å². The number of carbonyl (C=O) groups is 1. The number of nitrogens with zero attached hydrogens (tertiary/aromatic N) is 1. The summed E-state index contributed by atoms with van der Waals surface area (Å²) in [5.74, 6) is -0.100. The lowest BCUT2D eigenvalue weighted by Gasteiger charge is -2.28. The van der Waals surface area contributed by atoms with Crippen LogP contribution in [-0.2, 0) is 11.3 Å². The van der Waals surface area contributed by atoms with Gasteiger partial charge < -0.3 is 11.1 Å². The first kappa shape index (κ1) is 16.1. The predicted octanol–water partition coefficient (Wildman–Crippen LogP) is 1.98. The van der Waals surface area contributed by atoms with E-state index in [-0.39, 0.29) is 18.1 Å². The summed E-state index contributed by atoms with van der Waals surface area (Å²) in [5.41, 5.74) is 5.88. The highest BCUT2D eigenvalue weighted by atomic mass is 16.6. The number of amides is 1. The summed E-state index contributed by atoms with van der Waals surface area (Å²) in [4.78, 5) is 22.5. The van der Waals surface area contributed by atoms with Crippen molar-refractivity contribution in [3.63, 3.8) is 0 Å². The van der Waals surface area contributed by atoms with Crippen molar-refractivity contribution in [3.05, 3.63) is 39.9 Å². The Hall–Kier alpha value is -1.95. The summed E-state index contributed by atoms with van der Waals surface area (Å²) < 4.78 is 0. The number of nitro groups is 1. The monoisotopic (exact) mass is 279 g/mol. The maximum Gasteiger partial charge on any atom is 0.269 e. The standard InChI is InChI=1S/C14H21N3O3/c1-3-14(4-2,10-15)13(18)16-9-11-6-5-7-12(8-11)17(19)20/h5-8H,3-4,9-10,15H2,1-2H3,(H,16,18). The molecule has 110 valence electrons. The van der Waals surface area contributed by atoms with Gasteiger partial charge in [0.2, 0.25) is 5.91 Å². The van der Waals surface area contributed by atoms with E-state index in [0.29, 0.717) is 24.9 Å². The summed E-state index contributed by atoms with van der Waals surface area (Å²) in [5, 5.41) is 13.5. The van der Waals surface area contributed by atoms with Gasteiger partial charge in [-0.05, 0) is 18.4 Å². The first-order valence-electron chi connectivity index (χ1n) is 6.70. The zero-order valence-electron chi connectivity index (χ0n) is 11.9. The lowest BCUT2D eigenvalue weighted by Crippen LogP contribution is -2.45. The molecule has 0 aromatic heterocycles. The van der Waals surface area contributed by atoms with E-state index in [4.69, 9.17) is 5.73 Å². The molecule has 0 atom stereocenters. The summed E-state index contributed by atoms with van der Waals surface area (Å²) in [7, 11) is 0. The number of rotatable bonds is 7. The number of carbonyl (C=O) groups excluding carboxylic acids is 1. The highest BCUT2D eigenvalue weighted by Crippen LogP contribution is 2.25. The van der Waals surface area contributed by atoms with Gasteiger partial charge in [-0.1, -0.05) is 26.0 Å². The molecule has 0 bridgehead atoms. The lowest BCUT2D eigenvalue weighted by molar-refractivity contribution is -0.384. The van der Waals surface area contributed by atoms with E-state index >= 15 is 0 Å². The topological polar surface area (TPSA) is 98.3 Å². The third kappa shape index (κ3) is 3.54. The van der Waals surface area contributed by atoms with Gasteiger partial charge in [0.15, 0.2) is 0 Å². The van der Waals surface area contributed by atoms with Gasteiger partial charge in [0.25, 0.3) is 5.69 Å². The number of hydrogen-bond acceptors (Lipinski definition) is 4. The Morgan fingerprint density at radius 3 is 2.55 bits per heavy atom. The average molecular weight is 279 g/mol. The van der Waals surface area contributed by atoms with Gasteiger partial charge in [-0.3, -0.25) is 14.9 Å². The minimum absolute atomic E-state index is 0.0211. The Bertz CT molecular complexity index is 476. The summed E-state index contributed by atoms with van der Waals surface area (Å²) >= 11 is 0. The number of benzene rings is 1. The van der Waals surface area contributed by atoms with Gasteiger partial charge in [-0.2, -0.15) is 0 Å². The highest BCUT2D eigenvalue weighted by molar-refractivity contribution is 5.82. The highest BCUT2D eigenvalue weighted by Gasteiger charge is 2.32. The zero-order chi connectivity index (χ0) is 15.2. The quantitative estimate of drug-likeness (QED) is 0.589. The molecular weight excluding hydrogens is 258 g/mol. The van der Waals surface area contributed by atoms with Crippen molar-refractivity contribution in [1.29, 1.82) is 0 Å². The third-order valence-corrected chi connectivity index (χ3v) is 3.80. The molecule has 20 heavy (non-hydrogen) atoms. The van der Waals surface area contributed by atoms with Crippen LogP contribution in [0.4, 0.5) is 5.69 Å². The zero-order valence-corrected chi connectivity index (χ0v) is 11.9. The Morgan fingerprint density at radius 1 is 1.40 bits per heavy atom. The van der Waals surface area contributed by atoms with Crippen LogP contribution in [0, 0.1) is 15.5 Å². The average Bonchev–Trinajstić information content (AvgIpc) is 2.47. The summed E-state index contributed by atoms with van der Waals surface area (Å²) in [6, 6.07) is 6.24. The molecule has 1 aromatic carbocycles. The molecule has 0 aliphatic heterocycles. The molecule has 0 saturated heterocycles. The molecule has 6 nitrogen and oxygen atoms in total. The third-order valence-electron chi connectivity index (χ3n) is 3.80. The molecule has 0 spiro atoms. The smallest absolute Gasteiger partial charge is 0.269 e. The van der Waals surface area contributed by atoms with Crippen molar-refractivity contribution in [3.8, 4) is 0 Å². The van der Waals surface area contributed by atoms with Crippen molar-refractivity contribution in [1.82, 2.24) is 5.32 Å². The van der Waals surface area contributed by atoms with Crippen LogP contribution in [0.15, 0.2) is 24.3 Å². The van der Waals surface area contributed by atoms with Crippen molar-refractivity contribution < 1.29 is 9.72 Å². The second kappa shape index (κ2) is 7.00. The Kier molecular flexibility index (Phi) is 5.64. The second-order valence-corrected chi connectivity index (χ2v) is 4.80. The molecule has 6 heteroatoms. The molecular formula is C14H21N3O3. The van der Waals surface area contributed by atoms with Crippen LogP contribution in [0.5, 0.6) is 0 Å². The van der Waals surface area contributed by atoms with E-state index in [0.717, 1.165) is 0 Å². The van der Waals surface area contributed by atoms with Crippen molar-refractivity contribution in [2.24, 2.45) is 11.1 Å². The minimum atomic E-state index is -0.555. The molecule has 1 amide bonds. The van der Waals surface area contributed by atoms with Crippen molar-refractivity contribution in [2.75, 3.05) is 6.54 Å². The van der Waals surface area contributed by atoms with E-state index in [1.54, 1.807) is 12.1 Å². The van der Waals surface area contributed by atoms with Crippen LogP contribution >= 0.6 is 0 Å². The lowest BCUT2D eigenvalue weighted by atomic mass is 9.81. The summed E-state index contributed by atoms with van der Waals surface area (Å²) in [6.07, 6.45) is 1.33. The summed E-state index contributed by atoms with van der Waals surface area (Å²) in [6.45, 7) is 4.43. The van der Waals surface area contributed by atoms with Crippen molar-refractivity contribution in [2.45, 2.75) is 33.2 Å². The first-order valence-corrected chi connectivity index (χ1v) is 6.70. The first-order chi connectivity index (χ1) is 9.49. The van der Waals surface area contributed by atoms with Gasteiger partial charge in [-0.25, -0.2) is 0 Å². The number of nitrogens with one attached hydrogen (secondary N) is 1. The predicted molar refractivity (Wildman–Crippen MR) is 77.0 cm³/mol. The van der Waals surface area contributed by atoms with E-state index < -0.39 is 10.3 Å². The van der Waals surface area contributed by atoms with Gasteiger partial charge in [0.05, 0.1) is 10.3 Å². The maximum absolute atomic E-state index is 12.2. The second-order valence-electron chi connectivity index (χ2n) is 4.80. The van der Waals surface area contributed by atoms with Crippen LogP contribution in [0.1, 0.15) is 32.3 Å². The molecule has 0 aliphatic carbocycles. The SMILES string of the molecule is CCC(CC)(CN)C(=O)NCc1cccc([N+](=O)[O-])c1. The molecule has 1 rings (SSSR count). The van der Waals surface area contributed by atoms with Crippen molar-refractivity contribution >= 4 is 11.6 Å². The fraction of sp³-hybridized carbons (Fsp3) is 0.500. The van der Waals surface area contributed by atoms with Crippen LogP contribution in [0.3, 0.4) is 0 Å². The van der Waals surface area contributed by atoms with Crippen LogP contribution in [0.2, 0.25) is 0 Å². The number of nitrogens with two attached hydrogens (primary N) is 1. The van der Waals surface area contributed by atoms with Crippen LogP contribution < -0.4 is 11.1 Å². The Balaban J connectivity index is 2.74. The van der Waals surface area contributed by atoms with Crippen LogP contribution in [0.25, 0.3) is 0 Å². The molecule has 0 radical (unpaired) electrons.